The zero-order valence-electron chi connectivity index (χ0n) is 23.1. The average Bonchev–Trinajstić information content (AvgIpc) is 3.72. The molecule has 2 aliphatic rings. The number of amides is 1. The van der Waals surface area contributed by atoms with E-state index in [9.17, 15) is 9.90 Å². The van der Waals surface area contributed by atoms with Crippen molar-refractivity contribution in [1.29, 1.82) is 0 Å². The van der Waals surface area contributed by atoms with Crippen molar-refractivity contribution in [1.82, 2.24) is 24.9 Å². The van der Waals surface area contributed by atoms with Crippen LogP contribution >= 0.6 is 0 Å². The van der Waals surface area contributed by atoms with E-state index in [2.05, 4.69) is 39.6 Å². The highest BCUT2D eigenvalue weighted by molar-refractivity contribution is 5.73. The maximum atomic E-state index is 11.5. The molecule has 1 aromatic heterocycles. The second-order valence-electron chi connectivity index (χ2n) is 10.5. The highest BCUT2D eigenvalue weighted by Crippen LogP contribution is 2.39. The van der Waals surface area contributed by atoms with E-state index in [1.54, 1.807) is 18.7 Å². The number of aryl methyl sites for hydroxylation is 1. The van der Waals surface area contributed by atoms with E-state index in [-0.39, 0.29) is 5.91 Å². The number of para-hydroxylation sites is 1. The molecule has 2 N–H and O–H groups in total. The molecule has 1 aliphatic carbocycles. The van der Waals surface area contributed by atoms with Gasteiger partial charge in [0, 0.05) is 64.7 Å². The van der Waals surface area contributed by atoms with Crippen molar-refractivity contribution in [3.05, 3.63) is 76.6 Å². The predicted molar refractivity (Wildman–Crippen MR) is 148 cm³/mol. The molecule has 2 heterocycles. The first-order valence-electron chi connectivity index (χ1n) is 13.7. The molecular formula is C30H39N5O4. The fourth-order valence-corrected chi connectivity index (χ4v) is 5.08. The van der Waals surface area contributed by atoms with Crippen LogP contribution in [0.25, 0.3) is 0 Å². The topological polar surface area (TPSA) is 92.1 Å². The minimum atomic E-state index is -0.833. The van der Waals surface area contributed by atoms with Gasteiger partial charge in [-0.15, -0.1) is 0 Å². The van der Waals surface area contributed by atoms with E-state index in [0.29, 0.717) is 30.6 Å². The van der Waals surface area contributed by atoms with Gasteiger partial charge in [0.25, 0.3) is 0 Å². The Morgan fingerprint density at radius 1 is 1.10 bits per heavy atom. The molecule has 1 unspecified atom stereocenters. The van der Waals surface area contributed by atoms with Gasteiger partial charge in [-0.05, 0) is 36.1 Å². The summed E-state index contributed by atoms with van der Waals surface area (Å²) in [5, 5.41) is 18.5. The fourth-order valence-electron chi connectivity index (χ4n) is 5.08. The third kappa shape index (κ3) is 6.79. The van der Waals surface area contributed by atoms with Gasteiger partial charge >= 0.3 is 0 Å². The molecule has 1 amide bonds. The number of rotatable bonds is 11. The lowest BCUT2D eigenvalue weighted by Crippen LogP contribution is -2.47. The maximum Gasteiger partial charge on any atom is 0.219 e. The Hall–Kier alpha value is -3.40. The molecule has 1 saturated heterocycles. The smallest absolute Gasteiger partial charge is 0.219 e. The first-order chi connectivity index (χ1) is 18.9. The molecule has 208 valence electrons. The number of nitrogens with zero attached hydrogens (tertiary/aromatic N) is 4. The van der Waals surface area contributed by atoms with Crippen molar-refractivity contribution in [3.63, 3.8) is 0 Å². The van der Waals surface area contributed by atoms with Crippen LogP contribution < -0.4 is 14.8 Å². The Morgan fingerprint density at radius 2 is 1.82 bits per heavy atom. The van der Waals surface area contributed by atoms with Gasteiger partial charge < -0.3 is 19.5 Å². The van der Waals surface area contributed by atoms with Crippen molar-refractivity contribution in [2.45, 2.75) is 51.6 Å². The lowest BCUT2D eigenvalue weighted by atomic mass is 10.1. The van der Waals surface area contributed by atoms with E-state index in [1.807, 2.05) is 36.2 Å². The van der Waals surface area contributed by atoms with Crippen LogP contribution in [0.4, 0.5) is 0 Å². The summed E-state index contributed by atoms with van der Waals surface area (Å²) in [6, 6.07) is 16.3. The van der Waals surface area contributed by atoms with Gasteiger partial charge in [0.2, 0.25) is 5.91 Å². The van der Waals surface area contributed by atoms with Crippen LogP contribution in [0.5, 0.6) is 11.5 Å². The van der Waals surface area contributed by atoms with Gasteiger partial charge in [-0.25, -0.2) is 0 Å². The second-order valence-corrected chi connectivity index (χ2v) is 10.5. The van der Waals surface area contributed by atoms with Crippen LogP contribution in [0.15, 0.2) is 48.5 Å². The Kier molecular flexibility index (Phi) is 8.50. The number of ether oxygens (including phenoxy) is 2. The third-order valence-corrected chi connectivity index (χ3v) is 7.60. The number of aliphatic hydroxyl groups is 1. The van der Waals surface area contributed by atoms with Gasteiger partial charge in [-0.3, -0.25) is 19.7 Å². The lowest BCUT2D eigenvalue weighted by molar-refractivity contribution is -0.130. The number of aliphatic hydroxyl groups excluding tert-OH is 1. The molecule has 9 nitrogen and oxygen atoms in total. The van der Waals surface area contributed by atoms with Crippen LogP contribution in [0.2, 0.25) is 0 Å². The summed E-state index contributed by atoms with van der Waals surface area (Å²) >= 11 is 0. The molecule has 0 radical (unpaired) electrons. The third-order valence-electron chi connectivity index (χ3n) is 7.60. The Morgan fingerprint density at radius 3 is 2.49 bits per heavy atom. The van der Waals surface area contributed by atoms with Crippen molar-refractivity contribution in [3.8, 4) is 11.5 Å². The number of carbonyl (C=O) groups excluding carboxylic acids is 1. The van der Waals surface area contributed by atoms with Gasteiger partial charge in [0.05, 0.1) is 18.5 Å². The summed E-state index contributed by atoms with van der Waals surface area (Å²) in [6.45, 7) is 6.74. The predicted octanol–water partition coefficient (Wildman–Crippen LogP) is 3.33. The van der Waals surface area contributed by atoms with E-state index in [4.69, 9.17) is 9.47 Å². The van der Waals surface area contributed by atoms with Crippen molar-refractivity contribution in [2.75, 3.05) is 33.3 Å². The number of methoxy groups -OCH3 is 1. The Balaban J connectivity index is 1.14. The zero-order valence-corrected chi connectivity index (χ0v) is 23.1. The first-order valence-corrected chi connectivity index (χ1v) is 13.7. The Labute approximate surface area is 230 Å². The molecular weight excluding hydrogens is 494 g/mol. The molecule has 9 heteroatoms. The number of nitrogens with one attached hydrogen (secondary N) is 1. The fraction of sp³-hybridized carbons (Fsp3) is 0.467. The number of hydrogen-bond donors (Lipinski definition) is 2. The molecule has 1 aliphatic heterocycles. The van der Waals surface area contributed by atoms with E-state index < -0.39 is 6.23 Å². The zero-order chi connectivity index (χ0) is 27.4. The highest BCUT2D eigenvalue weighted by atomic mass is 16.5. The number of benzene rings is 2. The van der Waals surface area contributed by atoms with Crippen LogP contribution in [-0.2, 0) is 31.5 Å². The summed E-state index contributed by atoms with van der Waals surface area (Å²) < 4.78 is 13.6. The number of piperazine rings is 1. The number of hydrogen-bond acceptors (Lipinski definition) is 7. The normalized spacial score (nSPS) is 16.8. The van der Waals surface area contributed by atoms with Crippen molar-refractivity contribution < 1.29 is 19.4 Å². The minimum absolute atomic E-state index is 0.155. The first kappa shape index (κ1) is 27.2. The molecule has 0 spiro atoms. The van der Waals surface area contributed by atoms with Crippen LogP contribution in [-0.4, -0.2) is 63.9 Å². The lowest BCUT2D eigenvalue weighted by Gasteiger charge is -2.34. The highest BCUT2D eigenvalue weighted by Gasteiger charge is 2.28. The van der Waals surface area contributed by atoms with Crippen LogP contribution in [0, 0.1) is 0 Å². The minimum Gasteiger partial charge on any atom is -0.493 e. The molecule has 1 atom stereocenters. The molecule has 3 aromatic rings. The summed E-state index contributed by atoms with van der Waals surface area (Å²) in [4.78, 5) is 15.8. The molecule has 1 saturated carbocycles. The largest absolute Gasteiger partial charge is 0.493 e. The van der Waals surface area contributed by atoms with Gasteiger partial charge in [-0.2, -0.15) is 5.10 Å². The van der Waals surface area contributed by atoms with Gasteiger partial charge in [-0.1, -0.05) is 36.4 Å². The van der Waals surface area contributed by atoms with Crippen molar-refractivity contribution in [2.24, 2.45) is 7.05 Å². The second kappa shape index (κ2) is 12.2. The molecule has 39 heavy (non-hydrogen) atoms. The number of carbonyl (C=O) groups is 1. The van der Waals surface area contributed by atoms with E-state index >= 15 is 0 Å². The van der Waals surface area contributed by atoms with Crippen LogP contribution in [0.1, 0.15) is 60.0 Å². The van der Waals surface area contributed by atoms with Crippen LogP contribution in [0.3, 0.4) is 0 Å². The monoisotopic (exact) mass is 533 g/mol. The quantitative estimate of drug-likeness (QED) is 0.365. The molecule has 2 aromatic carbocycles. The molecule has 2 fully saturated rings. The van der Waals surface area contributed by atoms with E-state index in [1.165, 1.54) is 18.4 Å². The maximum absolute atomic E-state index is 11.5. The van der Waals surface area contributed by atoms with Crippen molar-refractivity contribution >= 4 is 5.91 Å². The molecule has 5 rings (SSSR count). The average molecular weight is 534 g/mol. The van der Waals surface area contributed by atoms with Gasteiger partial charge in [0.1, 0.15) is 12.8 Å². The summed E-state index contributed by atoms with van der Waals surface area (Å²) in [6.07, 6.45) is 1.52. The SMILES string of the molecule is COc1c(CNC(O)c2cc(C3CC3)nn2C)cccc1OCc1ccc(CN2CCN(C(C)=O)CC2)cc1. The standard InChI is InChI=1S/C30H39N5O4/c1-21(36)35-15-13-34(14-16-35)19-22-7-9-23(10-8-22)20-39-28-6-4-5-25(29(28)38-3)18-31-30(37)27-17-26(24-11-12-24)32-33(27)2/h4-10,17,24,30-31,37H,11-16,18-20H2,1-3H3. The summed E-state index contributed by atoms with van der Waals surface area (Å²) in [7, 11) is 3.50. The summed E-state index contributed by atoms with van der Waals surface area (Å²) in [5.74, 6) is 2.01. The number of aromatic nitrogens is 2. The Bertz CT molecular complexity index is 1260. The van der Waals surface area contributed by atoms with E-state index in [0.717, 1.165) is 55.2 Å². The molecule has 0 bridgehead atoms. The van der Waals surface area contributed by atoms with Gasteiger partial charge in [0.15, 0.2) is 11.5 Å². The summed E-state index contributed by atoms with van der Waals surface area (Å²) in [5.41, 5.74) is 5.03.